The topological polar surface area (TPSA) is 136 Å². The van der Waals surface area contributed by atoms with E-state index in [-0.39, 0.29) is 33.4 Å². The highest BCUT2D eigenvalue weighted by atomic mass is 32.2. The summed E-state index contributed by atoms with van der Waals surface area (Å²) in [6.07, 6.45) is 3.52. The number of ether oxygens (including phenoxy) is 2. The molecule has 0 spiro atoms. The number of Topliss-reactive ketones (excluding diaryl/α,β-unsaturated/α-hetero) is 1. The number of esters is 2. The van der Waals surface area contributed by atoms with Crippen LogP contribution in [0.3, 0.4) is 0 Å². The molecular formula is C25H30N2O8S2. The standard InChI is InChI=1S/C25H30N2O8S2/c1-4-34-25(31)21-16(2)22(17(3)28)36-23(21)26-20(29)15-35-24(30)18-10-9-11-19(14-18)37(32,33)27-12-7-5-6-8-13-27/h9-11,14H,4-8,12-13,15H2,1-3H3,(H,26,29). The molecule has 1 N–H and O–H groups in total. The first kappa shape index (κ1) is 28.5. The second kappa shape index (κ2) is 12.4. The third kappa shape index (κ3) is 6.82. The third-order valence-corrected chi connectivity index (χ3v) is 9.01. The SMILES string of the molecule is CCOC(=O)c1c(NC(=O)COC(=O)c2cccc(S(=O)(=O)N3CCCCCC3)c2)sc(C(C)=O)c1C. The predicted octanol–water partition coefficient (Wildman–Crippen LogP) is 3.80. The van der Waals surface area contributed by atoms with Crippen LogP contribution in [0, 0.1) is 6.92 Å². The number of amides is 1. The molecule has 0 atom stereocenters. The van der Waals surface area contributed by atoms with E-state index in [1.165, 1.54) is 35.5 Å². The lowest BCUT2D eigenvalue weighted by atomic mass is 10.1. The molecule has 2 heterocycles. The van der Waals surface area contributed by atoms with Gasteiger partial charge in [-0.3, -0.25) is 9.59 Å². The molecular weight excluding hydrogens is 520 g/mol. The number of nitrogens with zero attached hydrogens (tertiary/aromatic N) is 1. The average molecular weight is 551 g/mol. The van der Waals surface area contributed by atoms with Crippen LogP contribution in [0.15, 0.2) is 29.2 Å². The zero-order valence-corrected chi connectivity index (χ0v) is 22.6. The van der Waals surface area contributed by atoms with Crippen molar-refractivity contribution in [3.8, 4) is 0 Å². The van der Waals surface area contributed by atoms with Crippen LogP contribution in [0.5, 0.6) is 0 Å². The number of ketones is 1. The van der Waals surface area contributed by atoms with Gasteiger partial charge in [-0.05, 0) is 57.4 Å². The number of sulfonamides is 1. The maximum absolute atomic E-state index is 13.0. The summed E-state index contributed by atoms with van der Waals surface area (Å²) in [7, 11) is -3.76. The van der Waals surface area contributed by atoms with Crippen LogP contribution in [0.4, 0.5) is 5.00 Å². The molecule has 200 valence electrons. The molecule has 0 aliphatic carbocycles. The van der Waals surface area contributed by atoms with Crippen molar-refractivity contribution in [2.45, 2.75) is 51.3 Å². The Morgan fingerprint density at radius 2 is 1.70 bits per heavy atom. The molecule has 10 nitrogen and oxygen atoms in total. The van der Waals surface area contributed by atoms with Crippen molar-refractivity contribution >= 4 is 50.0 Å². The van der Waals surface area contributed by atoms with E-state index in [0.29, 0.717) is 23.5 Å². The largest absolute Gasteiger partial charge is 0.462 e. The molecule has 1 aliphatic rings. The lowest BCUT2D eigenvalue weighted by Gasteiger charge is -2.20. The lowest BCUT2D eigenvalue weighted by Crippen LogP contribution is -2.32. The number of hydrogen-bond acceptors (Lipinski definition) is 9. The van der Waals surface area contributed by atoms with Crippen molar-refractivity contribution in [2.75, 3.05) is 31.6 Å². The number of thiophene rings is 1. The summed E-state index contributed by atoms with van der Waals surface area (Å²) in [5, 5.41) is 2.62. The molecule has 0 unspecified atom stereocenters. The minimum atomic E-state index is -3.76. The molecule has 0 radical (unpaired) electrons. The second-order valence-electron chi connectivity index (χ2n) is 8.51. The van der Waals surface area contributed by atoms with Crippen molar-refractivity contribution in [2.24, 2.45) is 0 Å². The van der Waals surface area contributed by atoms with Crippen LogP contribution < -0.4 is 5.32 Å². The molecule has 37 heavy (non-hydrogen) atoms. The predicted molar refractivity (Wildman–Crippen MR) is 138 cm³/mol. The van der Waals surface area contributed by atoms with Gasteiger partial charge in [0.2, 0.25) is 10.0 Å². The van der Waals surface area contributed by atoms with Gasteiger partial charge in [0.05, 0.1) is 27.5 Å². The van der Waals surface area contributed by atoms with Gasteiger partial charge in [-0.25, -0.2) is 18.0 Å². The molecule has 2 aromatic rings. The second-order valence-corrected chi connectivity index (χ2v) is 11.5. The zero-order chi connectivity index (χ0) is 27.2. The highest BCUT2D eigenvalue weighted by Gasteiger charge is 2.27. The van der Waals surface area contributed by atoms with Gasteiger partial charge in [0.1, 0.15) is 5.00 Å². The van der Waals surface area contributed by atoms with E-state index in [4.69, 9.17) is 9.47 Å². The number of hydrogen-bond donors (Lipinski definition) is 1. The van der Waals surface area contributed by atoms with Crippen molar-refractivity contribution in [3.05, 3.63) is 45.8 Å². The molecule has 1 amide bonds. The number of anilines is 1. The Morgan fingerprint density at radius 1 is 1.03 bits per heavy atom. The van der Waals surface area contributed by atoms with Crippen molar-refractivity contribution in [1.29, 1.82) is 0 Å². The number of carbonyl (C=O) groups excluding carboxylic acids is 4. The van der Waals surface area contributed by atoms with E-state index in [1.54, 1.807) is 13.8 Å². The molecule has 1 aromatic carbocycles. The molecule has 1 aromatic heterocycles. The van der Waals surface area contributed by atoms with Gasteiger partial charge in [0.15, 0.2) is 12.4 Å². The molecule has 0 bridgehead atoms. The third-order valence-electron chi connectivity index (χ3n) is 5.81. The van der Waals surface area contributed by atoms with Gasteiger partial charge >= 0.3 is 11.9 Å². The first-order valence-corrected chi connectivity index (χ1v) is 14.2. The average Bonchev–Trinajstić information content (AvgIpc) is 3.02. The lowest BCUT2D eigenvalue weighted by molar-refractivity contribution is -0.119. The number of carbonyl (C=O) groups is 4. The van der Waals surface area contributed by atoms with Gasteiger partial charge in [-0.15, -0.1) is 11.3 Å². The van der Waals surface area contributed by atoms with Gasteiger partial charge < -0.3 is 14.8 Å². The quantitative estimate of drug-likeness (QED) is 0.368. The summed E-state index contributed by atoms with van der Waals surface area (Å²) in [6, 6.07) is 5.51. The van der Waals surface area contributed by atoms with E-state index in [0.717, 1.165) is 37.0 Å². The number of benzene rings is 1. The highest BCUT2D eigenvalue weighted by molar-refractivity contribution is 7.89. The van der Waals surface area contributed by atoms with Gasteiger partial charge in [0.25, 0.3) is 5.91 Å². The van der Waals surface area contributed by atoms with Gasteiger partial charge in [-0.1, -0.05) is 18.9 Å². The van der Waals surface area contributed by atoms with Crippen LogP contribution in [0.25, 0.3) is 0 Å². The van der Waals surface area contributed by atoms with Crippen LogP contribution in [0.2, 0.25) is 0 Å². The van der Waals surface area contributed by atoms with Crippen molar-refractivity contribution in [1.82, 2.24) is 4.31 Å². The Balaban J connectivity index is 1.70. The Bertz CT molecular complexity index is 1290. The Morgan fingerprint density at radius 3 is 2.32 bits per heavy atom. The first-order valence-electron chi connectivity index (χ1n) is 11.9. The van der Waals surface area contributed by atoms with E-state index >= 15 is 0 Å². The fraction of sp³-hybridized carbons (Fsp3) is 0.440. The molecule has 1 fully saturated rings. The molecule has 1 aliphatic heterocycles. The summed E-state index contributed by atoms with van der Waals surface area (Å²) < 4.78 is 37.6. The van der Waals surface area contributed by atoms with E-state index in [9.17, 15) is 27.6 Å². The monoisotopic (exact) mass is 550 g/mol. The van der Waals surface area contributed by atoms with Crippen molar-refractivity contribution < 1.29 is 37.1 Å². The molecule has 3 rings (SSSR count). The van der Waals surface area contributed by atoms with E-state index < -0.39 is 34.5 Å². The van der Waals surface area contributed by atoms with Crippen LogP contribution in [-0.4, -0.2) is 62.7 Å². The summed E-state index contributed by atoms with van der Waals surface area (Å²) in [5.41, 5.74) is 0.454. The Labute approximate surface area is 220 Å². The maximum Gasteiger partial charge on any atom is 0.341 e. The first-order chi connectivity index (χ1) is 17.6. The summed E-state index contributed by atoms with van der Waals surface area (Å²) in [4.78, 5) is 49.7. The minimum Gasteiger partial charge on any atom is -0.462 e. The Kier molecular flexibility index (Phi) is 9.57. The summed E-state index contributed by atoms with van der Waals surface area (Å²) >= 11 is 0.933. The zero-order valence-electron chi connectivity index (χ0n) is 21.0. The molecule has 1 saturated heterocycles. The summed E-state index contributed by atoms with van der Waals surface area (Å²) in [5.74, 6) is -2.56. The van der Waals surface area contributed by atoms with Gasteiger partial charge in [-0.2, -0.15) is 4.31 Å². The normalized spacial score (nSPS) is 14.5. The molecule has 0 saturated carbocycles. The fourth-order valence-corrected chi connectivity index (χ4v) is 6.65. The highest BCUT2D eigenvalue weighted by Crippen LogP contribution is 2.34. The van der Waals surface area contributed by atoms with Crippen LogP contribution in [0.1, 0.15) is 75.5 Å². The van der Waals surface area contributed by atoms with E-state index in [2.05, 4.69) is 5.32 Å². The Hall–Kier alpha value is -3.09. The summed E-state index contributed by atoms with van der Waals surface area (Å²) in [6.45, 7) is 4.86. The fourth-order valence-electron chi connectivity index (χ4n) is 3.98. The number of nitrogens with one attached hydrogen (secondary N) is 1. The number of rotatable bonds is 9. The van der Waals surface area contributed by atoms with Crippen LogP contribution >= 0.6 is 11.3 Å². The van der Waals surface area contributed by atoms with E-state index in [1.807, 2.05) is 0 Å². The molecule has 12 heteroatoms. The van der Waals surface area contributed by atoms with Gasteiger partial charge in [0, 0.05) is 13.1 Å². The smallest absolute Gasteiger partial charge is 0.341 e. The maximum atomic E-state index is 13.0. The van der Waals surface area contributed by atoms with Crippen molar-refractivity contribution in [3.63, 3.8) is 0 Å². The minimum absolute atomic E-state index is 0.0123. The van der Waals surface area contributed by atoms with Crippen LogP contribution in [-0.2, 0) is 24.3 Å².